The molecule has 0 aliphatic heterocycles. The number of fused-ring (bicyclic) bond motifs is 2. The first-order valence-corrected chi connectivity index (χ1v) is 14.2. The standard InChI is InChI=1S/C31H33N3OS/c1-20-16-17-26-24(18-20)25(29(34-26)21-10-4-2-5-11-21)19-32-31-28(23-14-8-9-15-27(23)36-31)30(35)33-22-12-6-3-7-13-22/h2,4-5,10-11,16-19,22,34H,3,6-9,12-15H2,1H3,(H,33,35). The topological polar surface area (TPSA) is 57.2 Å². The average Bonchev–Trinajstić information content (AvgIpc) is 3.46. The molecule has 184 valence electrons. The number of benzene rings is 2. The molecule has 1 saturated carbocycles. The highest BCUT2D eigenvalue weighted by molar-refractivity contribution is 7.16. The van der Waals surface area contributed by atoms with Crippen LogP contribution in [-0.4, -0.2) is 23.1 Å². The Bertz CT molecular complexity index is 1420. The highest BCUT2D eigenvalue weighted by atomic mass is 32.1. The Kier molecular flexibility index (Phi) is 6.49. The molecule has 6 rings (SSSR count). The fourth-order valence-electron chi connectivity index (χ4n) is 5.80. The normalized spacial score (nSPS) is 16.5. The maximum absolute atomic E-state index is 13.6. The van der Waals surface area contributed by atoms with E-state index >= 15 is 0 Å². The summed E-state index contributed by atoms with van der Waals surface area (Å²) in [5.74, 6) is 0.0755. The molecule has 0 unspecified atom stereocenters. The summed E-state index contributed by atoms with van der Waals surface area (Å²) in [7, 11) is 0. The SMILES string of the molecule is Cc1ccc2[nH]c(-c3ccccc3)c(C=Nc3sc4c(c3C(=O)NC3CCCCC3)CCCC4)c2c1. The molecule has 0 saturated heterocycles. The Morgan fingerprint density at radius 1 is 1.03 bits per heavy atom. The number of hydrogen-bond acceptors (Lipinski definition) is 3. The van der Waals surface area contributed by atoms with Crippen molar-refractivity contribution < 1.29 is 4.79 Å². The van der Waals surface area contributed by atoms with Crippen molar-refractivity contribution in [2.24, 2.45) is 4.99 Å². The maximum Gasteiger partial charge on any atom is 0.254 e. The molecule has 0 radical (unpaired) electrons. The van der Waals surface area contributed by atoms with Gasteiger partial charge < -0.3 is 10.3 Å². The van der Waals surface area contributed by atoms with Crippen molar-refractivity contribution in [2.45, 2.75) is 70.8 Å². The highest BCUT2D eigenvalue weighted by Crippen LogP contribution is 2.40. The highest BCUT2D eigenvalue weighted by Gasteiger charge is 2.27. The molecule has 1 amide bonds. The third kappa shape index (κ3) is 4.53. The lowest BCUT2D eigenvalue weighted by Crippen LogP contribution is -2.36. The second kappa shape index (κ2) is 10.1. The van der Waals surface area contributed by atoms with E-state index in [0.29, 0.717) is 6.04 Å². The van der Waals surface area contributed by atoms with E-state index < -0.39 is 0 Å². The van der Waals surface area contributed by atoms with Gasteiger partial charge in [0.2, 0.25) is 0 Å². The van der Waals surface area contributed by atoms with Crippen LogP contribution in [-0.2, 0) is 12.8 Å². The van der Waals surface area contributed by atoms with Crippen LogP contribution in [0.3, 0.4) is 0 Å². The van der Waals surface area contributed by atoms with E-state index in [4.69, 9.17) is 4.99 Å². The first-order valence-electron chi connectivity index (χ1n) is 13.3. The number of aryl methyl sites for hydroxylation is 2. The molecule has 2 N–H and O–H groups in total. The maximum atomic E-state index is 13.6. The molecule has 2 heterocycles. The second-order valence-electron chi connectivity index (χ2n) is 10.3. The minimum Gasteiger partial charge on any atom is -0.354 e. The lowest BCUT2D eigenvalue weighted by Gasteiger charge is -2.23. The average molecular weight is 496 g/mol. The Hall–Kier alpha value is -3.18. The van der Waals surface area contributed by atoms with Crippen LogP contribution in [0.25, 0.3) is 22.2 Å². The first kappa shape index (κ1) is 23.2. The van der Waals surface area contributed by atoms with Gasteiger partial charge in [0.05, 0.1) is 11.3 Å². The van der Waals surface area contributed by atoms with Gasteiger partial charge in [-0.25, -0.2) is 4.99 Å². The molecule has 2 aromatic carbocycles. The summed E-state index contributed by atoms with van der Waals surface area (Å²) in [5.41, 5.74) is 7.66. The Balaban J connectivity index is 1.42. The Morgan fingerprint density at radius 3 is 2.67 bits per heavy atom. The van der Waals surface area contributed by atoms with E-state index in [1.807, 2.05) is 12.3 Å². The number of nitrogens with zero attached hydrogens (tertiary/aromatic N) is 1. The van der Waals surface area contributed by atoms with Gasteiger partial charge in [0.1, 0.15) is 5.00 Å². The van der Waals surface area contributed by atoms with Gasteiger partial charge in [0, 0.05) is 33.6 Å². The number of aliphatic imine (C=N–C) groups is 1. The van der Waals surface area contributed by atoms with E-state index in [-0.39, 0.29) is 5.91 Å². The molecule has 5 heteroatoms. The van der Waals surface area contributed by atoms with Crippen molar-refractivity contribution in [2.75, 3.05) is 0 Å². The van der Waals surface area contributed by atoms with Crippen LogP contribution in [0, 0.1) is 6.92 Å². The molecule has 2 aliphatic carbocycles. The van der Waals surface area contributed by atoms with E-state index in [0.717, 1.165) is 70.4 Å². The fourth-order valence-corrected chi connectivity index (χ4v) is 7.03. The van der Waals surface area contributed by atoms with Crippen LogP contribution < -0.4 is 5.32 Å². The molecule has 2 aliphatic rings. The summed E-state index contributed by atoms with van der Waals surface area (Å²) in [4.78, 5) is 23.6. The van der Waals surface area contributed by atoms with Crippen molar-refractivity contribution in [3.8, 4) is 11.3 Å². The van der Waals surface area contributed by atoms with E-state index in [2.05, 4.69) is 59.7 Å². The summed E-state index contributed by atoms with van der Waals surface area (Å²) >= 11 is 1.72. The Labute approximate surface area is 216 Å². The van der Waals surface area contributed by atoms with Crippen molar-refractivity contribution in [3.05, 3.63) is 75.7 Å². The monoisotopic (exact) mass is 495 g/mol. The van der Waals surface area contributed by atoms with E-state index in [9.17, 15) is 4.79 Å². The minimum atomic E-state index is 0.0755. The molecular weight excluding hydrogens is 462 g/mol. The number of amides is 1. The third-order valence-corrected chi connectivity index (χ3v) is 8.89. The molecule has 4 aromatic rings. The van der Waals surface area contributed by atoms with E-state index in [1.54, 1.807) is 11.3 Å². The Morgan fingerprint density at radius 2 is 1.83 bits per heavy atom. The summed E-state index contributed by atoms with van der Waals surface area (Å²) in [5, 5.41) is 5.38. The van der Waals surface area contributed by atoms with Crippen LogP contribution in [0.15, 0.2) is 53.5 Å². The minimum absolute atomic E-state index is 0.0755. The molecule has 1 fully saturated rings. The van der Waals surface area contributed by atoms with Crippen LogP contribution in [0.2, 0.25) is 0 Å². The number of H-pyrrole nitrogens is 1. The number of aromatic amines is 1. The smallest absolute Gasteiger partial charge is 0.254 e. The van der Waals surface area contributed by atoms with Gasteiger partial charge in [-0.05, 0) is 68.7 Å². The first-order chi connectivity index (χ1) is 17.7. The fraction of sp³-hybridized carbons (Fsp3) is 0.355. The van der Waals surface area contributed by atoms with Crippen molar-refractivity contribution in [1.29, 1.82) is 0 Å². The third-order valence-electron chi connectivity index (χ3n) is 7.69. The number of carbonyl (C=O) groups excluding carboxylic acids is 1. The number of hydrogen-bond donors (Lipinski definition) is 2. The van der Waals surface area contributed by atoms with Gasteiger partial charge in [0.15, 0.2) is 0 Å². The molecule has 2 aromatic heterocycles. The van der Waals surface area contributed by atoms with E-state index in [1.165, 1.54) is 41.7 Å². The number of nitrogens with one attached hydrogen (secondary N) is 2. The quantitative estimate of drug-likeness (QED) is 0.272. The van der Waals surface area contributed by atoms with Crippen molar-refractivity contribution >= 4 is 39.4 Å². The number of thiophene rings is 1. The van der Waals surface area contributed by atoms with Gasteiger partial charge in [0.25, 0.3) is 5.91 Å². The molecule has 36 heavy (non-hydrogen) atoms. The molecule has 0 spiro atoms. The summed E-state index contributed by atoms with van der Waals surface area (Å²) in [6, 6.07) is 17.2. The van der Waals surface area contributed by atoms with Gasteiger partial charge >= 0.3 is 0 Å². The van der Waals surface area contributed by atoms with Gasteiger partial charge in [-0.3, -0.25) is 4.79 Å². The van der Waals surface area contributed by atoms with Crippen molar-refractivity contribution in [3.63, 3.8) is 0 Å². The largest absolute Gasteiger partial charge is 0.354 e. The zero-order valence-electron chi connectivity index (χ0n) is 20.9. The predicted molar refractivity (Wildman–Crippen MR) is 151 cm³/mol. The zero-order valence-corrected chi connectivity index (χ0v) is 21.7. The summed E-state index contributed by atoms with van der Waals surface area (Å²) in [6.45, 7) is 2.12. The van der Waals surface area contributed by atoms with Gasteiger partial charge in [-0.2, -0.15) is 0 Å². The van der Waals surface area contributed by atoms with Gasteiger partial charge in [-0.15, -0.1) is 11.3 Å². The lowest BCUT2D eigenvalue weighted by atomic mass is 9.93. The number of carbonyl (C=O) groups is 1. The molecule has 4 nitrogen and oxygen atoms in total. The predicted octanol–water partition coefficient (Wildman–Crippen LogP) is 7.90. The molecular formula is C31H33N3OS. The number of rotatable bonds is 5. The van der Waals surface area contributed by atoms with Crippen molar-refractivity contribution in [1.82, 2.24) is 10.3 Å². The molecule has 0 atom stereocenters. The van der Waals surface area contributed by atoms with Crippen LogP contribution in [0.5, 0.6) is 0 Å². The van der Waals surface area contributed by atoms with Crippen LogP contribution in [0.1, 0.15) is 76.9 Å². The van der Waals surface area contributed by atoms with Crippen LogP contribution >= 0.6 is 11.3 Å². The molecule has 0 bridgehead atoms. The lowest BCUT2D eigenvalue weighted by molar-refractivity contribution is 0.0927. The summed E-state index contributed by atoms with van der Waals surface area (Å²) in [6.07, 6.45) is 12.2. The van der Waals surface area contributed by atoms with Crippen LogP contribution in [0.4, 0.5) is 5.00 Å². The van der Waals surface area contributed by atoms with Gasteiger partial charge in [-0.1, -0.05) is 61.2 Å². The second-order valence-corrected chi connectivity index (χ2v) is 11.4. The zero-order chi connectivity index (χ0) is 24.5. The summed E-state index contributed by atoms with van der Waals surface area (Å²) < 4.78 is 0. The number of aromatic nitrogens is 1.